The van der Waals surface area contributed by atoms with Crippen molar-refractivity contribution in [3.05, 3.63) is 34.6 Å². The number of nitrogens with zero attached hydrogens (tertiary/aromatic N) is 1. The average Bonchev–Trinajstić information content (AvgIpc) is 3.06. The fourth-order valence-electron chi connectivity index (χ4n) is 3.42. The molecular weight excluding hydrogens is 363 g/mol. The minimum absolute atomic E-state index is 0.0436. The van der Waals surface area contributed by atoms with E-state index in [1.54, 1.807) is 17.9 Å². The molecule has 2 aliphatic heterocycles. The van der Waals surface area contributed by atoms with E-state index in [0.29, 0.717) is 44.5 Å². The second-order valence-electron chi connectivity index (χ2n) is 7.16. The van der Waals surface area contributed by atoms with E-state index in [0.717, 1.165) is 0 Å². The van der Waals surface area contributed by atoms with Gasteiger partial charge in [0.15, 0.2) is 0 Å². The van der Waals surface area contributed by atoms with Gasteiger partial charge in [0.1, 0.15) is 11.9 Å². The number of aliphatic carboxylic acids is 1. The number of nitrogens with one attached hydrogen (secondary N) is 1. The van der Waals surface area contributed by atoms with Crippen LogP contribution in [-0.2, 0) is 9.53 Å². The Balaban J connectivity index is 1.62. The normalized spacial score (nSPS) is 25.1. The molecule has 2 fully saturated rings. The van der Waals surface area contributed by atoms with Crippen LogP contribution in [0.25, 0.3) is 0 Å². The first-order valence-electron chi connectivity index (χ1n) is 8.65. The van der Waals surface area contributed by atoms with Gasteiger partial charge >= 0.3 is 12.0 Å². The number of carbonyl (C=O) groups excluding carboxylic acids is 1. The number of hydrogen-bond acceptors (Lipinski definition) is 3. The van der Waals surface area contributed by atoms with E-state index in [2.05, 4.69) is 5.32 Å². The van der Waals surface area contributed by atoms with Gasteiger partial charge in [-0.3, -0.25) is 4.79 Å². The molecule has 6 nitrogen and oxygen atoms in total. The second kappa shape index (κ2) is 7.40. The van der Waals surface area contributed by atoms with E-state index in [1.165, 1.54) is 12.1 Å². The molecule has 8 heteroatoms. The van der Waals surface area contributed by atoms with Crippen LogP contribution in [0, 0.1) is 11.2 Å². The minimum Gasteiger partial charge on any atom is -0.481 e. The van der Waals surface area contributed by atoms with Gasteiger partial charge in [-0.25, -0.2) is 9.18 Å². The van der Waals surface area contributed by atoms with Gasteiger partial charge in [0.25, 0.3) is 0 Å². The highest BCUT2D eigenvalue weighted by molar-refractivity contribution is 6.30. The van der Waals surface area contributed by atoms with Crippen molar-refractivity contribution in [2.75, 3.05) is 19.7 Å². The summed E-state index contributed by atoms with van der Waals surface area (Å²) in [5.74, 6) is -1.35. The number of likely N-dealkylation sites (tertiary alicyclic amines) is 1. The third kappa shape index (κ3) is 3.78. The largest absolute Gasteiger partial charge is 0.481 e. The molecule has 0 bridgehead atoms. The van der Waals surface area contributed by atoms with Gasteiger partial charge in [-0.05, 0) is 43.9 Å². The Morgan fingerprint density at radius 1 is 1.38 bits per heavy atom. The minimum atomic E-state index is -0.827. The number of piperidine rings is 1. The lowest BCUT2D eigenvalue weighted by molar-refractivity contribution is -0.150. The molecule has 2 aliphatic rings. The van der Waals surface area contributed by atoms with Gasteiger partial charge < -0.3 is 20.1 Å². The van der Waals surface area contributed by atoms with Crippen LogP contribution in [0.3, 0.4) is 0 Å². The van der Waals surface area contributed by atoms with Crippen molar-refractivity contribution in [3.8, 4) is 0 Å². The molecule has 2 amide bonds. The summed E-state index contributed by atoms with van der Waals surface area (Å²) in [6, 6.07) is 3.99. The summed E-state index contributed by atoms with van der Waals surface area (Å²) in [7, 11) is 0. The van der Waals surface area contributed by atoms with Crippen molar-refractivity contribution < 1.29 is 23.8 Å². The van der Waals surface area contributed by atoms with Gasteiger partial charge in [0, 0.05) is 19.7 Å². The fourth-order valence-corrected chi connectivity index (χ4v) is 3.54. The van der Waals surface area contributed by atoms with Crippen molar-refractivity contribution >= 4 is 23.6 Å². The molecule has 0 saturated carbocycles. The van der Waals surface area contributed by atoms with Crippen LogP contribution < -0.4 is 5.32 Å². The summed E-state index contributed by atoms with van der Waals surface area (Å²) in [6.45, 7) is 2.96. The molecule has 3 rings (SSSR count). The number of rotatable bonds is 3. The van der Waals surface area contributed by atoms with Crippen LogP contribution in [-0.4, -0.2) is 47.7 Å². The van der Waals surface area contributed by atoms with Gasteiger partial charge in [-0.2, -0.15) is 0 Å². The summed E-state index contributed by atoms with van der Waals surface area (Å²) < 4.78 is 19.4. The van der Waals surface area contributed by atoms with E-state index in [9.17, 15) is 19.1 Å². The number of benzene rings is 1. The Kier molecular flexibility index (Phi) is 5.39. The monoisotopic (exact) mass is 384 g/mol. The molecule has 0 unspecified atom stereocenters. The van der Waals surface area contributed by atoms with E-state index >= 15 is 0 Å². The van der Waals surface area contributed by atoms with E-state index in [-0.39, 0.29) is 17.1 Å². The molecule has 0 radical (unpaired) electrons. The van der Waals surface area contributed by atoms with Crippen molar-refractivity contribution in [3.63, 3.8) is 0 Å². The Bertz CT molecular complexity index is 706. The third-order valence-electron chi connectivity index (χ3n) is 5.34. The zero-order valence-electron chi connectivity index (χ0n) is 14.5. The topological polar surface area (TPSA) is 78.9 Å². The Morgan fingerprint density at radius 3 is 2.69 bits per heavy atom. The smallest absolute Gasteiger partial charge is 0.317 e. The number of ether oxygens (including phenoxy) is 1. The molecule has 26 heavy (non-hydrogen) atoms. The van der Waals surface area contributed by atoms with Crippen molar-refractivity contribution in [2.24, 2.45) is 5.41 Å². The van der Waals surface area contributed by atoms with Crippen molar-refractivity contribution in [2.45, 2.75) is 38.3 Å². The molecule has 2 saturated heterocycles. The standard InChI is InChI=1S/C18H22ClFN2O4/c1-18(16(23)24)5-7-22(8-6-18)17(25)21-14-4-9-26-15(14)11-2-3-12(19)13(20)10-11/h2-3,10,14-15H,4-9H2,1H3,(H,21,25)(H,23,24)/t14-,15+/m1/s1. The SMILES string of the molecule is CC1(C(=O)O)CCN(C(=O)N[C@@H]2CCO[C@H]2c2ccc(Cl)c(F)c2)CC1. The lowest BCUT2D eigenvalue weighted by Crippen LogP contribution is -2.51. The third-order valence-corrected chi connectivity index (χ3v) is 5.65. The number of carboxylic acid groups (broad SMARTS) is 1. The molecule has 142 valence electrons. The number of urea groups is 1. The van der Waals surface area contributed by atoms with Crippen molar-refractivity contribution in [1.82, 2.24) is 10.2 Å². The maximum absolute atomic E-state index is 13.7. The number of amides is 2. The molecular formula is C18H22ClFN2O4. The molecule has 1 aromatic rings. The lowest BCUT2D eigenvalue weighted by Gasteiger charge is -2.37. The molecule has 2 heterocycles. The zero-order valence-corrected chi connectivity index (χ0v) is 15.3. The Morgan fingerprint density at radius 2 is 2.08 bits per heavy atom. The number of hydrogen-bond donors (Lipinski definition) is 2. The average molecular weight is 385 g/mol. The molecule has 1 aromatic carbocycles. The lowest BCUT2D eigenvalue weighted by atomic mass is 9.80. The van der Waals surface area contributed by atoms with Gasteiger partial charge in [0.2, 0.25) is 0 Å². The zero-order chi connectivity index (χ0) is 18.9. The maximum Gasteiger partial charge on any atom is 0.317 e. The highest BCUT2D eigenvalue weighted by atomic mass is 35.5. The van der Waals surface area contributed by atoms with Crippen LogP contribution in [0.15, 0.2) is 18.2 Å². The number of halogens is 2. The maximum atomic E-state index is 13.7. The summed E-state index contributed by atoms with van der Waals surface area (Å²) in [6.07, 6.45) is 1.03. The van der Waals surface area contributed by atoms with Crippen molar-refractivity contribution in [1.29, 1.82) is 0 Å². The number of carboxylic acids is 1. The highest BCUT2D eigenvalue weighted by Crippen LogP contribution is 2.33. The number of carbonyl (C=O) groups is 2. The van der Waals surface area contributed by atoms with E-state index in [4.69, 9.17) is 16.3 Å². The first-order valence-corrected chi connectivity index (χ1v) is 9.03. The summed E-state index contributed by atoms with van der Waals surface area (Å²) in [4.78, 5) is 25.5. The molecule has 0 spiro atoms. The van der Waals surface area contributed by atoms with E-state index < -0.39 is 23.3 Å². The molecule has 0 aliphatic carbocycles. The predicted octanol–water partition coefficient (Wildman–Crippen LogP) is 3.21. The molecule has 2 atom stereocenters. The summed E-state index contributed by atoms with van der Waals surface area (Å²) >= 11 is 5.72. The Hall–Kier alpha value is -1.86. The summed E-state index contributed by atoms with van der Waals surface area (Å²) in [5, 5.41) is 12.3. The van der Waals surface area contributed by atoms with Crippen LogP contribution in [0.1, 0.15) is 37.9 Å². The van der Waals surface area contributed by atoms with Crippen LogP contribution in [0.2, 0.25) is 5.02 Å². The first-order chi connectivity index (χ1) is 12.3. The van der Waals surface area contributed by atoms with Gasteiger partial charge in [-0.1, -0.05) is 17.7 Å². The second-order valence-corrected chi connectivity index (χ2v) is 7.57. The van der Waals surface area contributed by atoms with Gasteiger partial charge in [0.05, 0.1) is 16.5 Å². The first kappa shape index (κ1) is 18.9. The molecule has 0 aromatic heterocycles. The quantitative estimate of drug-likeness (QED) is 0.838. The van der Waals surface area contributed by atoms with Crippen LogP contribution in [0.5, 0.6) is 0 Å². The Labute approximate surface area is 156 Å². The van der Waals surface area contributed by atoms with Gasteiger partial charge in [-0.15, -0.1) is 0 Å². The molecule has 2 N–H and O–H groups in total. The van der Waals surface area contributed by atoms with Crippen LogP contribution in [0.4, 0.5) is 9.18 Å². The van der Waals surface area contributed by atoms with E-state index in [1.807, 2.05) is 0 Å². The van der Waals surface area contributed by atoms with Crippen LogP contribution >= 0.6 is 11.6 Å². The predicted molar refractivity (Wildman–Crippen MR) is 93.6 cm³/mol. The fraction of sp³-hybridized carbons (Fsp3) is 0.556. The summed E-state index contributed by atoms with van der Waals surface area (Å²) in [5.41, 5.74) is -0.150. The highest BCUT2D eigenvalue weighted by Gasteiger charge is 2.39.